The number of halogens is 2. The average Bonchev–Trinajstić information content (AvgIpc) is 2.60. The second-order valence-corrected chi connectivity index (χ2v) is 8.88. The number of likely N-dealkylation sites (tertiary alicyclic amines) is 1. The minimum atomic E-state index is -3.36. The van der Waals surface area contributed by atoms with Crippen LogP contribution in [0.25, 0.3) is 0 Å². The Labute approximate surface area is 134 Å². The fraction of sp³-hybridized carbons (Fsp3) is 0.846. The van der Waals surface area contributed by atoms with Gasteiger partial charge in [-0.2, -0.15) is 0 Å². The van der Waals surface area contributed by atoms with Crippen LogP contribution in [0.5, 0.6) is 0 Å². The summed E-state index contributed by atoms with van der Waals surface area (Å²) in [5, 5.41) is 2.09. The van der Waals surface area contributed by atoms with Crippen molar-refractivity contribution < 1.29 is 31.5 Å². The molecule has 1 heterocycles. The molecule has 10 heteroatoms. The fourth-order valence-corrected chi connectivity index (χ4v) is 2.50. The minimum absolute atomic E-state index is 0.396. The summed E-state index contributed by atoms with van der Waals surface area (Å²) in [5.41, 5.74) is -0.816. The highest BCUT2D eigenvalue weighted by molar-refractivity contribution is 7.90. The molecule has 1 N–H and O–H groups in total. The van der Waals surface area contributed by atoms with Crippen LogP contribution >= 0.6 is 0 Å². The van der Waals surface area contributed by atoms with E-state index in [1.807, 2.05) is 0 Å². The lowest BCUT2D eigenvalue weighted by Crippen LogP contribution is -2.47. The number of ether oxygens (including phenoxy) is 1. The number of nitrogens with one attached hydrogen (secondary N) is 1. The van der Waals surface area contributed by atoms with Gasteiger partial charge in [0.1, 0.15) is 21.5 Å². The second kappa shape index (κ2) is 6.58. The molecule has 1 atom stereocenters. The van der Waals surface area contributed by atoms with Crippen LogP contribution in [-0.2, 0) is 19.4 Å². The first kappa shape index (κ1) is 19.6. The summed E-state index contributed by atoms with van der Waals surface area (Å²) in [5.74, 6) is -4.53. The van der Waals surface area contributed by atoms with E-state index in [1.54, 1.807) is 20.8 Å². The van der Waals surface area contributed by atoms with Gasteiger partial charge in [-0.3, -0.25) is 9.69 Å². The van der Waals surface area contributed by atoms with Gasteiger partial charge >= 0.3 is 6.09 Å². The van der Waals surface area contributed by atoms with Crippen molar-refractivity contribution in [1.82, 2.24) is 10.2 Å². The number of alkyl halides is 2. The Morgan fingerprint density at radius 1 is 1.35 bits per heavy atom. The van der Waals surface area contributed by atoms with Crippen molar-refractivity contribution in [1.29, 1.82) is 0 Å². The van der Waals surface area contributed by atoms with Crippen LogP contribution in [0.2, 0.25) is 0 Å². The number of nitrogens with zero attached hydrogens (tertiary/aromatic N) is 1. The maximum absolute atomic E-state index is 13.9. The molecule has 1 unspecified atom stereocenters. The Morgan fingerprint density at radius 3 is 2.39 bits per heavy atom. The zero-order valence-electron chi connectivity index (χ0n) is 13.6. The zero-order valence-corrected chi connectivity index (χ0v) is 14.4. The molecule has 0 bridgehead atoms. The summed E-state index contributed by atoms with van der Waals surface area (Å²) in [6.45, 7) is 3.59. The molecule has 0 saturated carbocycles. The molecule has 0 aromatic carbocycles. The summed E-state index contributed by atoms with van der Waals surface area (Å²) in [4.78, 5) is 24.2. The third-order valence-corrected chi connectivity index (χ3v) is 3.95. The number of hydrogen-bond donors (Lipinski definition) is 1. The molecule has 0 radical (unpaired) electrons. The summed E-state index contributed by atoms with van der Waals surface area (Å²) < 4.78 is 54.8. The topological polar surface area (TPSA) is 92.8 Å². The van der Waals surface area contributed by atoms with E-state index in [2.05, 4.69) is 5.32 Å². The molecule has 1 saturated heterocycles. The number of amides is 2. The minimum Gasteiger partial charge on any atom is -0.444 e. The standard InChI is InChI=1S/C13H22F2N2O5S/c1-12(2,3)22-11(19)17-7-9(13(14,15)8-17)16-10(18)5-6-23(4,20)21/h9H,5-8H2,1-4H3,(H,16,18). The quantitative estimate of drug-likeness (QED) is 0.804. The van der Waals surface area contributed by atoms with Gasteiger partial charge in [-0.15, -0.1) is 0 Å². The molecule has 0 aromatic heterocycles. The predicted octanol–water partition coefficient (Wildman–Crippen LogP) is 0.792. The smallest absolute Gasteiger partial charge is 0.410 e. The fourth-order valence-electron chi connectivity index (χ4n) is 1.94. The Kier molecular flexibility index (Phi) is 5.61. The molecule has 7 nitrogen and oxygen atoms in total. The summed E-state index contributed by atoms with van der Waals surface area (Å²) in [7, 11) is -3.36. The molecule has 1 rings (SSSR count). The lowest BCUT2D eigenvalue weighted by atomic mass is 10.2. The average molecular weight is 356 g/mol. The lowest BCUT2D eigenvalue weighted by molar-refractivity contribution is -0.123. The van der Waals surface area contributed by atoms with E-state index in [0.29, 0.717) is 0 Å². The van der Waals surface area contributed by atoms with Crippen LogP contribution in [0.15, 0.2) is 0 Å². The van der Waals surface area contributed by atoms with Gasteiger partial charge in [0, 0.05) is 12.7 Å². The van der Waals surface area contributed by atoms with E-state index in [-0.39, 0.29) is 0 Å². The van der Waals surface area contributed by atoms with Gasteiger partial charge in [-0.25, -0.2) is 22.0 Å². The maximum Gasteiger partial charge on any atom is 0.410 e. The van der Waals surface area contributed by atoms with Crippen molar-refractivity contribution >= 4 is 21.8 Å². The van der Waals surface area contributed by atoms with Gasteiger partial charge in [-0.1, -0.05) is 0 Å². The first-order valence-electron chi connectivity index (χ1n) is 7.02. The summed E-state index contributed by atoms with van der Waals surface area (Å²) in [6, 6.07) is -1.57. The Balaban J connectivity index is 2.63. The molecule has 2 amide bonds. The van der Waals surface area contributed by atoms with Crippen LogP contribution in [0, 0.1) is 0 Å². The number of sulfone groups is 1. The van der Waals surface area contributed by atoms with Gasteiger partial charge < -0.3 is 10.1 Å². The number of carbonyl (C=O) groups is 2. The molecule has 134 valence electrons. The summed E-state index contributed by atoms with van der Waals surface area (Å²) in [6.07, 6.45) is -0.336. The number of rotatable bonds is 4. The van der Waals surface area contributed by atoms with E-state index in [0.717, 1.165) is 11.2 Å². The normalized spacial score (nSPS) is 21.1. The molecule has 1 fully saturated rings. The third kappa shape index (κ3) is 6.67. The van der Waals surface area contributed by atoms with Gasteiger partial charge in [-0.05, 0) is 20.8 Å². The van der Waals surface area contributed by atoms with Crippen molar-refractivity contribution in [2.24, 2.45) is 0 Å². The molecule has 1 aliphatic heterocycles. The highest BCUT2D eigenvalue weighted by Crippen LogP contribution is 2.29. The third-order valence-electron chi connectivity index (χ3n) is 3.00. The van der Waals surface area contributed by atoms with Crippen molar-refractivity contribution in [2.45, 2.75) is 44.8 Å². The highest BCUT2D eigenvalue weighted by atomic mass is 32.2. The summed E-state index contributed by atoms with van der Waals surface area (Å²) >= 11 is 0. The second-order valence-electron chi connectivity index (χ2n) is 6.62. The van der Waals surface area contributed by atoms with Crippen molar-refractivity contribution in [3.8, 4) is 0 Å². The highest BCUT2D eigenvalue weighted by Gasteiger charge is 2.51. The van der Waals surface area contributed by atoms with Crippen LogP contribution in [0.3, 0.4) is 0 Å². The first-order chi connectivity index (χ1) is 10.2. The van der Waals surface area contributed by atoms with E-state index < -0.39 is 64.7 Å². The molecular weight excluding hydrogens is 334 g/mol. The van der Waals surface area contributed by atoms with Crippen LogP contribution in [0.4, 0.5) is 13.6 Å². The molecule has 1 aliphatic rings. The van der Waals surface area contributed by atoms with E-state index in [4.69, 9.17) is 4.74 Å². The van der Waals surface area contributed by atoms with Crippen LogP contribution in [-0.4, -0.2) is 68.0 Å². The molecule has 23 heavy (non-hydrogen) atoms. The largest absolute Gasteiger partial charge is 0.444 e. The number of hydrogen-bond acceptors (Lipinski definition) is 5. The van der Waals surface area contributed by atoms with Gasteiger partial charge in [0.2, 0.25) is 5.91 Å². The van der Waals surface area contributed by atoms with E-state index in [1.165, 1.54) is 0 Å². The zero-order chi connectivity index (χ0) is 18.1. The Morgan fingerprint density at radius 2 is 1.91 bits per heavy atom. The van der Waals surface area contributed by atoms with Gasteiger partial charge in [0.25, 0.3) is 5.92 Å². The van der Waals surface area contributed by atoms with Crippen LogP contribution < -0.4 is 5.32 Å². The molecule has 0 spiro atoms. The van der Waals surface area contributed by atoms with Crippen LogP contribution in [0.1, 0.15) is 27.2 Å². The van der Waals surface area contributed by atoms with Gasteiger partial charge in [0.05, 0.1) is 18.8 Å². The van der Waals surface area contributed by atoms with Gasteiger partial charge in [0.15, 0.2) is 0 Å². The molecule has 0 aromatic rings. The monoisotopic (exact) mass is 356 g/mol. The number of carbonyl (C=O) groups excluding carboxylic acids is 2. The Bertz CT molecular complexity index is 571. The van der Waals surface area contributed by atoms with E-state index >= 15 is 0 Å². The maximum atomic E-state index is 13.9. The SMILES string of the molecule is CC(C)(C)OC(=O)N1CC(NC(=O)CCS(C)(=O)=O)C(F)(F)C1. The lowest BCUT2D eigenvalue weighted by Gasteiger charge is -2.24. The predicted molar refractivity (Wildman–Crippen MR) is 79.0 cm³/mol. The van der Waals surface area contributed by atoms with Crippen molar-refractivity contribution in [2.75, 3.05) is 25.1 Å². The van der Waals surface area contributed by atoms with Crippen molar-refractivity contribution in [3.63, 3.8) is 0 Å². The Hall–Kier alpha value is -1.45. The molecular formula is C13H22F2N2O5S. The molecule has 0 aliphatic carbocycles. The van der Waals surface area contributed by atoms with Crippen molar-refractivity contribution in [3.05, 3.63) is 0 Å². The van der Waals surface area contributed by atoms with E-state index in [9.17, 15) is 26.8 Å². The first-order valence-corrected chi connectivity index (χ1v) is 9.08.